The molecule has 1 aromatic carbocycles. The predicted octanol–water partition coefficient (Wildman–Crippen LogP) is 1.67. The molecule has 0 amide bonds. The molecule has 0 aliphatic carbocycles. The van der Waals surface area contributed by atoms with Crippen LogP contribution in [0.5, 0.6) is 5.75 Å². The molecule has 0 radical (unpaired) electrons. The van der Waals surface area contributed by atoms with Gasteiger partial charge in [-0.15, -0.1) is 0 Å². The quantitative estimate of drug-likeness (QED) is 0.742. The molecule has 1 aliphatic rings. The number of phenols is 1. The van der Waals surface area contributed by atoms with Crippen LogP contribution in [0, 0.1) is 0 Å². The van der Waals surface area contributed by atoms with E-state index in [0.29, 0.717) is 11.8 Å². The number of hydrogen-bond acceptors (Lipinski definition) is 3. The predicted molar refractivity (Wildman–Crippen MR) is 70.3 cm³/mol. The molecule has 3 heteroatoms. The second-order valence-electron chi connectivity index (χ2n) is 4.75. The van der Waals surface area contributed by atoms with Gasteiger partial charge in [0.15, 0.2) is 0 Å². The van der Waals surface area contributed by atoms with Gasteiger partial charge in [0.2, 0.25) is 0 Å². The molecule has 94 valence electrons. The molecule has 1 unspecified atom stereocenters. The van der Waals surface area contributed by atoms with Crippen molar-refractivity contribution >= 4 is 0 Å². The molecule has 2 rings (SSSR count). The summed E-state index contributed by atoms with van der Waals surface area (Å²) in [7, 11) is 0. The Morgan fingerprint density at radius 2 is 2.00 bits per heavy atom. The van der Waals surface area contributed by atoms with E-state index < -0.39 is 0 Å². The summed E-state index contributed by atoms with van der Waals surface area (Å²) < 4.78 is 0. The highest BCUT2D eigenvalue weighted by molar-refractivity contribution is 5.25. The topological polar surface area (TPSA) is 44.3 Å². The van der Waals surface area contributed by atoms with Crippen molar-refractivity contribution < 1.29 is 5.11 Å². The van der Waals surface area contributed by atoms with Gasteiger partial charge in [-0.2, -0.15) is 0 Å². The van der Waals surface area contributed by atoms with Crippen LogP contribution in [-0.2, 0) is 6.42 Å². The molecule has 3 N–H and O–H groups in total. The molecule has 0 saturated carbocycles. The zero-order valence-corrected chi connectivity index (χ0v) is 10.3. The minimum atomic E-state index is 0.344. The van der Waals surface area contributed by atoms with E-state index in [2.05, 4.69) is 10.6 Å². The van der Waals surface area contributed by atoms with Gasteiger partial charge in [-0.3, -0.25) is 0 Å². The van der Waals surface area contributed by atoms with E-state index in [1.807, 2.05) is 12.1 Å². The second kappa shape index (κ2) is 6.62. The molecular weight excluding hydrogens is 212 g/mol. The number of aromatic hydroxyl groups is 1. The maximum atomic E-state index is 9.19. The van der Waals surface area contributed by atoms with Crippen molar-refractivity contribution in [3.63, 3.8) is 0 Å². The molecule has 17 heavy (non-hydrogen) atoms. The summed E-state index contributed by atoms with van der Waals surface area (Å²) in [4.78, 5) is 0. The smallest absolute Gasteiger partial charge is 0.115 e. The van der Waals surface area contributed by atoms with Gasteiger partial charge < -0.3 is 15.7 Å². The minimum absolute atomic E-state index is 0.344. The lowest BCUT2D eigenvalue weighted by atomic mass is 10.1. The van der Waals surface area contributed by atoms with E-state index in [1.165, 1.54) is 24.8 Å². The zero-order chi connectivity index (χ0) is 11.9. The van der Waals surface area contributed by atoms with E-state index >= 15 is 0 Å². The van der Waals surface area contributed by atoms with Crippen molar-refractivity contribution in [3.05, 3.63) is 29.8 Å². The number of rotatable bonds is 4. The highest BCUT2D eigenvalue weighted by Gasteiger charge is 2.10. The van der Waals surface area contributed by atoms with Crippen LogP contribution in [0.15, 0.2) is 24.3 Å². The summed E-state index contributed by atoms with van der Waals surface area (Å²) in [6, 6.07) is 8.16. The lowest BCUT2D eigenvalue weighted by Crippen LogP contribution is -2.31. The van der Waals surface area contributed by atoms with Crippen LogP contribution in [-0.4, -0.2) is 30.8 Å². The first-order chi connectivity index (χ1) is 8.34. The largest absolute Gasteiger partial charge is 0.508 e. The molecule has 0 aromatic heterocycles. The number of benzene rings is 1. The summed E-state index contributed by atoms with van der Waals surface area (Å²) >= 11 is 0. The molecule has 3 nitrogen and oxygen atoms in total. The first-order valence-corrected chi connectivity index (χ1v) is 6.56. The number of nitrogens with one attached hydrogen (secondary N) is 2. The van der Waals surface area contributed by atoms with Gasteiger partial charge in [-0.25, -0.2) is 0 Å². The third-order valence-corrected chi connectivity index (χ3v) is 3.36. The normalized spacial score (nSPS) is 21.1. The van der Waals surface area contributed by atoms with Crippen molar-refractivity contribution in [3.8, 4) is 5.75 Å². The molecule has 1 aromatic rings. The van der Waals surface area contributed by atoms with E-state index in [0.717, 1.165) is 26.1 Å². The fourth-order valence-corrected chi connectivity index (χ4v) is 2.31. The Hall–Kier alpha value is -1.06. The van der Waals surface area contributed by atoms with Crippen molar-refractivity contribution in [1.82, 2.24) is 10.6 Å². The fraction of sp³-hybridized carbons (Fsp3) is 0.571. The van der Waals surface area contributed by atoms with Gasteiger partial charge in [0.05, 0.1) is 0 Å². The van der Waals surface area contributed by atoms with Crippen LogP contribution in [0.1, 0.15) is 24.8 Å². The van der Waals surface area contributed by atoms with Crippen molar-refractivity contribution in [2.45, 2.75) is 31.7 Å². The standard InChI is InChI=1S/C14H22N2O/c17-14-5-3-12(4-6-14)7-11-16-13-2-1-9-15-10-8-13/h3-6,13,15-17H,1-2,7-11H2. The van der Waals surface area contributed by atoms with Crippen molar-refractivity contribution in [2.75, 3.05) is 19.6 Å². The average Bonchev–Trinajstić information content (AvgIpc) is 2.60. The molecular formula is C14H22N2O. The molecule has 1 heterocycles. The Labute approximate surface area is 103 Å². The maximum absolute atomic E-state index is 9.19. The van der Waals surface area contributed by atoms with Gasteiger partial charge in [-0.05, 0) is 63.0 Å². The molecule has 1 aliphatic heterocycles. The fourth-order valence-electron chi connectivity index (χ4n) is 2.31. The van der Waals surface area contributed by atoms with Crippen molar-refractivity contribution in [2.24, 2.45) is 0 Å². The Balaban J connectivity index is 1.69. The van der Waals surface area contributed by atoms with Gasteiger partial charge in [0, 0.05) is 6.04 Å². The first kappa shape index (κ1) is 12.4. The second-order valence-corrected chi connectivity index (χ2v) is 4.75. The van der Waals surface area contributed by atoms with E-state index in [-0.39, 0.29) is 0 Å². The van der Waals surface area contributed by atoms with Crippen LogP contribution in [0.25, 0.3) is 0 Å². The summed E-state index contributed by atoms with van der Waals surface area (Å²) in [5.74, 6) is 0.344. The number of phenolic OH excluding ortho intramolecular Hbond substituents is 1. The minimum Gasteiger partial charge on any atom is -0.508 e. The molecule has 1 saturated heterocycles. The monoisotopic (exact) mass is 234 g/mol. The Bertz CT molecular complexity index is 315. The van der Waals surface area contributed by atoms with Gasteiger partial charge in [0.1, 0.15) is 5.75 Å². The lowest BCUT2D eigenvalue weighted by Gasteiger charge is -2.15. The third-order valence-electron chi connectivity index (χ3n) is 3.36. The summed E-state index contributed by atoms with van der Waals surface area (Å²) in [5.41, 5.74) is 1.28. The lowest BCUT2D eigenvalue weighted by molar-refractivity contribution is 0.470. The van der Waals surface area contributed by atoms with E-state index in [4.69, 9.17) is 0 Å². The maximum Gasteiger partial charge on any atom is 0.115 e. The Morgan fingerprint density at radius 3 is 2.82 bits per heavy atom. The van der Waals surface area contributed by atoms with Crippen LogP contribution in [0.4, 0.5) is 0 Å². The van der Waals surface area contributed by atoms with E-state index in [1.54, 1.807) is 12.1 Å². The summed E-state index contributed by atoms with van der Waals surface area (Å²) in [5, 5.41) is 16.2. The van der Waals surface area contributed by atoms with Crippen LogP contribution >= 0.6 is 0 Å². The number of hydrogen-bond donors (Lipinski definition) is 3. The average molecular weight is 234 g/mol. The van der Waals surface area contributed by atoms with Crippen LogP contribution < -0.4 is 10.6 Å². The highest BCUT2D eigenvalue weighted by atomic mass is 16.3. The van der Waals surface area contributed by atoms with Crippen LogP contribution in [0.2, 0.25) is 0 Å². The van der Waals surface area contributed by atoms with E-state index in [9.17, 15) is 5.11 Å². The summed E-state index contributed by atoms with van der Waals surface area (Å²) in [6.45, 7) is 3.32. The highest BCUT2D eigenvalue weighted by Crippen LogP contribution is 2.10. The molecule has 1 fully saturated rings. The van der Waals surface area contributed by atoms with Crippen molar-refractivity contribution in [1.29, 1.82) is 0 Å². The zero-order valence-electron chi connectivity index (χ0n) is 10.3. The Kier molecular flexibility index (Phi) is 4.83. The molecule has 1 atom stereocenters. The SMILES string of the molecule is Oc1ccc(CCNC2CCCNCC2)cc1. The molecule has 0 spiro atoms. The molecule has 0 bridgehead atoms. The van der Waals surface area contributed by atoms with Crippen LogP contribution in [0.3, 0.4) is 0 Å². The summed E-state index contributed by atoms with van der Waals surface area (Å²) in [6.07, 6.45) is 4.82. The first-order valence-electron chi connectivity index (χ1n) is 6.56. The Morgan fingerprint density at radius 1 is 1.18 bits per heavy atom. The van der Waals surface area contributed by atoms with Gasteiger partial charge in [-0.1, -0.05) is 12.1 Å². The van der Waals surface area contributed by atoms with Gasteiger partial charge >= 0.3 is 0 Å². The van der Waals surface area contributed by atoms with Gasteiger partial charge in [0.25, 0.3) is 0 Å². The third kappa shape index (κ3) is 4.36.